The summed E-state index contributed by atoms with van der Waals surface area (Å²) in [6.07, 6.45) is 2.09. The summed E-state index contributed by atoms with van der Waals surface area (Å²) in [5, 5.41) is 0.728. The third kappa shape index (κ3) is 3.72. The van der Waals surface area contributed by atoms with Gasteiger partial charge in [-0.2, -0.15) is 0 Å². The van der Waals surface area contributed by atoms with Gasteiger partial charge in [0.05, 0.1) is 6.67 Å². The van der Waals surface area contributed by atoms with E-state index in [1.54, 1.807) is 0 Å². The molecule has 1 aliphatic carbocycles. The Bertz CT molecular complexity index is 412. The number of amides is 1. The number of hydrogen-bond donors (Lipinski definition) is 0. The van der Waals surface area contributed by atoms with E-state index in [0.717, 1.165) is 23.4 Å². The summed E-state index contributed by atoms with van der Waals surface area (Å²) >= 11 is 5.87. The maximum absolute atomic E-state index is 12.2. The van der Waals surface area contributed by atoms with E-state index in [1.807, 2.05) is 48.2 Å². The average Bonchev–Trinajstić information content (AvgIpc) is 3.13. The summed E-state index contributed by atoms with van der Waals surface area (Å²) in [7, 11) is 3.96. The molecule has 1 aromatic rings. The monoisotopic (exact) mass is 266 g/mol. The molecule has 1 fully saturated rings. The fraction of sp³-hybridized carbons (Fsp3) is 0.500. The standard InChI is InChI=1S/C14H19ClN2O/c1-16(2)10-17(14(18)12-5-6-12)9-11-3-7-13(15)8-4-11/h3-4,7-8,12H,5-6,9-10H2,1-2H3. The Morgan fingerprint density at radius 2 is 1.89 bits per heavy atom. The second-order valence-corrected chi connectivity index (χ2v) is 5.59. The molecule has 1 aromatic carbocycles. The Kier molecular flexibility index (Phi) is 4.25. The normalized spacial score (nSPS) is 14.9. The molecule has 98 valence electrons. The van der Waals surface area contributed by atoms with Crippen molar-refractivity contribution in [3.05, 3.63) is 34.9 Å². The van der Waals surface area contributed by atoms with Crippen LogP contribution in [-0.2, 0) is 11.3 Å². The van der Waals surface area contributed by atoms with Gasteiger partial charge in [-0.15, -0.1) is 0 Å². The quantitative estimate of drug-likeness (QED) is 0.765. The molecule has 0 bridgehead atoms. The lowest BCUT2D eigenvalue weighted by molar-refractivity contribution is -0.135. The highest BCUT2D eigenvalue weighted by Crippen LogP contribution is 2.31. The van der Waals surface area contributed by atoms with Crippen LogP contribution in [-0.4, -0.2) is 36.5 Å². The number of carbonyl (C=O) groups excluding carboxylic acids is 1. The fourth-order valence-electron chi connectivity index (χ4n) is 1.94. The molecule has 1 aliphatic rings. The molecule has 1 saturated carbocycles. The van der Waals surface area contributed by atoms with Crippen LogP contribution in [0.25, 0.3) is 0 Å². The van der Waals surface area contributed by atoms with E-state index < -0.39 is 0 Å². The molecule has 0 unspecified atom stereocenters. The van der Waals surface area contributed by atoms with Crippen LogP contribution >= 0.6 is 11.6 Å². The molecule has 0 aliphatic heterocycles. The first-order chi connectivity index (χ1) is 8.56. The summed E-state index contributed by atoms with van der Waals surface area (Å²) in [4.78, 5) is 16.1. The zero-order valence-electron chi connectivity index (χ0n) is 10.9. The van der Waals surface area contributed by atoms with Gasteiger partial charge in [0.2, 0.25) is 5.91 Å². The molecule has 0 saturated heterocycles. The predicted octanol–water partition coefficient (Wildman–Crippen LogP) is 2.60. The van der Waals surface area contributed by atoms with Gasteiger partial charge in [-0.05, 0) is 44.6 Å². The van der Waals surface area contributed by atoms with Crippen molar-refractivity contribution < 1.29 is 4.79 Å². The van der Waals surface area contributed by atoms with E-state index in [-0.39, 0.29) is 11.8 Å². The van der Waals surface area contributed by atoms with Crippen molar-refractivity contribution in [3.8, 4) is 0 Å². The molecule has 0 heterocycles. The van der Waals surface area contributed by atoms with Gasteiger partial charge in [0.1, 0.15) is 0 Å². The number of carbonyl (C=O) groups is 1. The largest absolute Gasteiger partial charge is 0.325 e. The van der Waals surface area contributed by atoms with Crippen LogP contribution < -0.4 is 0 Å². The Balaban J connectivity index is 2.03. The van der Waals surface area contributed by atoms with E-state index >= 15 is 0 Å². The minimum atomic E-state index is 0.261. The third-order valence-corrected chi connectivity index (χ3v) is 3.23. The highest BCUT2D eigenvalue weighted by Gasteiger charge is 2.33. The summed E-state index contributed by atoms with van der Waals surface area (Å²) in [6.45, 7) is 1.32. The zero-order chi connectivity index (χ0) is 13.1. The second-order valence-electron chi connectivity index (χ2n) is 5.16. The van der Waals surface area contributed by atoms with E-state index in [0.29, 0.717) is 13.2 Å². The smallest absolute Gasteiger partial charge is 0.227 e. The first kappa shape index (κ1) is 13.4. The van der Waals surface area contributed by atoms with Gasteiger partial charge in [-0.1, -0.05) is 23.7 Å². The van der Waals surface area contributed by atoms with Crippen LogP contribution in [0.4, 0.5) is 0 Å². The first-order valence-electron chi connectivity index (χ1n) is 6.24. The number of benzene rings is 1. The summed E-state index contributed by atoms with van der Waals surface area (Å²) < 4.78 is 0. The van der Waals surface area contributed by atoms with Gasteiger partial charge >= 0.3 is 0 Å². The van der Waals surface area contributed by atoms with Crippen molar-refractivity contribution in [1.82, 2.24) is 9.80 Å². The molecule has 1 amide bonds. The maximum atomic E-state index is 12.2. The molecule has 2 rings (SSSR count). The molecule has 0 aromatic heterocycles. The molecular weight excluding hydrogens is 248 g/mol. The van der Waals surface area contributed by atoms with Gasteiger partial charge in [-0.25, -0.2) is 0 Å². The second kappa shape index (κ2) is 5.72. The summed E-state index contributed by atoms with van der Waals surface area (Å²) in [5.41, 5.74) is 1.12. The van der Waals surface area contributed by atoms with E-state index in [4.69, 9.17) is 11.6 Å². The van der Waals surface area contributed by atoms with Gasteiger partial charge < -0.3 is 4.90 Å². The van der Waals surface area contributed by atoms with E-state index in [1.165, 1.54) is 0 Å². The van der Waals surface area contributed by atoms with Crippen molar-refractivity contribution in [2.75, 3.05) is 20.8 Å². The van der Waals surface area contributed by atoms with Crippen molar-refractivity contribution in [2.45, 2.75) is 19.4 Å². The van der Waals surface area contributed by atoms with E-state index in [9.17, 15) is 4.79 Å². The number of halogens is 1. The summed E-state index contributed by atoms with van der Waals surface area (Å²) in [6, 6.07) is 7.69. The maximum Gasteiger partial charge on any atom is 0.227 e. The van der Waals surface area contributed by atoms with Crippen LogP contribution in [0.3, 0.4) is 0 Å². The fourth-order valence-corrected chi connectivity index (χ4v) is 2.06. The van der Waals surface area contributed by atoms with Crippen LogP contribution in [0.5, 0.6) is 0 Å². The third-order valence-electron chi connectivity index (χ3n) is 2.98. The topological polar surface area (TPSA) is 23.6 Å². The van der Waals surface area contributed by atoms with Crippen molar-refractivity contribution in [1.29, 1.82) is 0 Å². The van der Waals surface area contributed by atoms with Gasteiger partial charge in [0.15, 0.2) is 0 Å². The van der Waals surface area contributed by atoms with Crippen molar-refractivity contribution >= 4 is 17.5 Å². The molecule has 0 N–H and O–H groups in total. The average molecular weight is 267 g/mol. The Morgan fingerprint density at radius 1 is 1.28 bits per heavy atom. The van der Waals surface area contributed by atoms with Crippen LogP contribution in [0.2, 0.25) is 5.02 Å². The lowest BCUT2D eigenvalue weighted by Crippen LogP contribution is -2.38. The van der Waals surface area contributed by atoms with Gasteiger partial charge in [0, 0.05) is 17.5 Å². The lowest BCUT2D eigenvalue weighted by atomic mass is 10.2. The molecule has 3 nitrogen and oxygen atoms in total. The van der Waals surface area contributed by atoms with Crippen molar-refractivity contribution in [2.24, 2.45) is 5.92 Å². The molecule has 4 heteroatoms. The molecule has 0 radical (unpaired) electrons. The molecule has 18 heavy (non-hydrogen) atoms. The van der Waals surface area contributed by atoms with E-state index in [2.05, 4.69) is 0 Å². The van der Waals surface area contributed by atoms with Gasteiger partial charge in [-0.3, -0.25) is 9.69 Å². The first-order valence-corrected chi connectivity index (χ1v) is 6.62. The van der Waals surface area contributed by atoms with Crippen LogP contribution in [0.1, 0.15) is 18.4 Å². The Morgan fingerprint density at radius 3 is 2.39 bits per heavy atom. The lowest BCUT2D eigenvalue weighted by Gasteiger charge is -2.26. The SMILES string of the molecule is CN(C)CN(Cc1ccc(Cl)cc1)C(=O)C1CC1. The molecule has 0 spiro atoms. The van der Waals surface area contributed by atoms with Crippen LogP contribution in [0.15, 0.2) is 24.3 Å². The minimum absolute atomic E-state index is 0.261. The van der Waals surface area contributed by atoms with Crippen LogP contribution in [0, 0.1) is 5.92 Å². The highest BCUT2D eigenvalue weighted by molar-refractivity contribution is 6.30. The highest BCUT2D eigenvalue weighted by atomic mass is 35.5. The summed E-state index contributed by atoms with van der Waals surface area (Å²) in [5.74, 6) is 0.538. The molecule has 0 atom stereocenters. The Labute approximate surface area is 113 Å². The predicted molar refractivity (Wildman–Crippen MR) is 73.3 cm³/mol. The number of hydrogen-bond acceptors (Lipinski definition) is 2. The molecular formula is C14H19ClN2O. The number of nitrogens with zero attached hydrogens (tertiary/aromatic N) is 2. The van der Waals surface area contributed by atoms with Gasteiger partial charge in [0.25, 0.3) is 0 Å². The minimum Gasteiger partial charge on any atom is -0.325 e. The van der Waals surface area contributed by atoms with Crippen molar-refractivity contribution in [3.63, 3.8) is 0 Å². The number of rotatable bonds is 5. The zero-order valence-corrected chi connectivity index (χ0v) is 11.7. The Hall–Kier alpha value is -1.06.